The fraction of sp³-hybridized carbons (Fsp3) is 0.357. The van der Waals surface area contributed by atoms with Gasteiger partial charge in [-0.25, -0.2) is 5.01 Å². The Labute approximate surface area is 124 Å². The van der Waals surface area contributed by atoms with Gasteiger partial charge in [0.25, 0.3) is 0 Å². The van der Waals surface area contributed by atoms with Crippen molar-refractivity contribution in [1.29, 1.82) is 0 Å². The van der Waals surface area contributed by atoms with Crippen LogP contribution in [0.4, 0.5) is 5.69 Å². The van der Waals surface area contributed by atoms with Crippen LogP contribution >= 0.6 is 12.2 Å². The normalized spacial score (nSPS) is 15.0. The third-order valence-electron chi connectivity index (χ3n) is 3.14. The minimum Gasteiger partial charge on any atom is -0.372 e. The van der Waals surface area contributed by atoms with Crippen LogP contribution in [0, 0.1) is 0 Å². The van der Waals surface area contributed by atoms with Crippen molar-refractivity contribution in [3.63, 3.8) is 0 Å². The lowest BCUT2D eigenvalue weighted by Crippen LogP contribution is -2.23. The van der Waals surface area contributed by atoms with E-state index in [-0.39, 0.29) is 12.5 Å². The first-order valence-corrected chi connectivity index (χ1v) is 7.05. The molecule has 0 aromatic heterocycles. The second-order valence-electron chi connectivity index (χ2n) is 4.42. The van der Waals surface area contributed by atoms with Crippen LogP contribution in [0.5, 0.6) is 0 Å². The largest absolute Gasteiger partial charge is 0.372 e. The van der Waals surface area contributed by atoms with E-state index in [1.807, 2.05) is 12.1 Å². The molecule has 0 spiro atoms. The maximum absolute atomic E-state index is 11.1. The second kappa shape index (κ2) is 6.47. The Morgan fingerprint density at radius 2 is 2.00 bits per heavy atom. The topological polar surface area (TPSA) is 47.9 Å². The number of nitrogens with one attached hydrogen (secondary N) is 1. The average Bonchev–Trinajstić information content (AvgIpc) is 2.77. The Morgan fingerprint density at radius 1 is 1.35 bits per heavy atom. The quantitative estimate of drug-likeness (QED) is 0.661. The molecule has 1 heterocycles. The van der Waals surface area contributed by atoms with Crippen LogP contribution in [0.25, 0.3) is 0 Å². The summed E-state index contributed by atoms with van der Waals surface area (Å²) in [5, 5.41) is 8.59. The van der Waals surface area contributed by atoms with Gasteiger partial charge in [0.15, 0.2) is 5.11 Å². The molecule has 1 aromatic rings. The van der Waals surface area contributed by atoms with Gasteiger partial charge in [0.2, 0.25) is 5.91 Å². The number of amides is 1. The molecule has 1 aliphatic heterocycles. The maximum Gasteiger partial charge on any atom is 0.248 e. The average molecular weight is 290 g/mol. The highest BCUT2D eigenvalue weighted by Gasteiger charge is 2.22. The summed E-state index contributed by atoms with van der Waals surface area (Å²) in [6.07, 6.45) is 1.71. The molecular weight excluding hydrogens is 272 g/mol. The van der Waals surface area contributed by atoms with Gasteiger partial charge >= 0.3 is 0 Å². The van der Waals surface area contributed by atoms with Crippen LogP contribution in [-0.2, 0) is 4.79 Å². The summed E-state index contributed by atoms with van der Waals surface area (Å²) in [5.74, 6) is -0.121. The summed E-state index contributed by atoms with van der Waals surface area (Å²) < 4.78 is 0. The van der Waals surface area contributed by atoms with E-state index in [2.05, 4.69) is 41.3 Å². The smallest absolute Gasteiger partial charge is 0.248 e. The first kappa shape index (κ1) is 14.5. The number of thiocarbonyl (C=S) groups is 1. The van der Waals surface area contributed by atoms with Crippen molar-refractivity contribution in [2.75, 3.05) is 24.5 Å². The summed E-state index contributed by atoms with van der Waals surface area (Å²) >= 11 is 4.99. The number of nitrogens with zero attached hydrogens (tertiary/aromatic N) is 3. The zero-order valence-electron chi connectivity index (χ0n) is 11.7. The van der Waals surface area contributed by atoms with E-state index in [0.717, 1.165) is 18.7 Å². The van der Waals surface area contributed by atoms with Gasteiger partial charge in [-0.3, -0.25) is 10.1 Å². The molecule has 0 atom stereocenters. The zero-order valence-corrected chi connectivity index (χ0v) is 12.5. The van der Waals surface area contributed by atoms with E-state index in [0.29, 0.717) is 5.11 Å². The number of rotatable bonds is 5. The van der Waals surface area contributed by atoms with Crippen molar-refractivity contribution in [2.24, 2.45) is 5.10 Å². The molecule has 106 valence electrons. The third-order valence-corrected chi connectivity index (χ3v) is 3.45. The number of hydrazone groups is 1. The maximum atomic E-state index is 11.1. The van der Waals surface area contributed by atoms with Crippen LogP contribution < -0.4 is 10.2 Å². The molecule has 2 rings (SSSR count). The van der Waals surface area contributed by atoms with E-state index in [4.69, 9.17) is 12.2 Å². The predicted molar refractivity (Wildman–Crippen MR) is 85.0 cm³/mol. The number of benzene rings is 1. The van der Waals surface area contributed by atoms with Crippen LogP contribution in [0.15, 0.2) is 29.4 Å². The minimum atomic E-state index is -0.121. The van der Waals surface area contributed by atoms with Crippen molar-refractivity contribution in [2.45, 2.75) is 13.8 Å². The second-order valence-corrected chi connectivity index (χ2v) is 4.81. The number of carbonyl (C=O) groups excluding carboxylic acids is 1. The molecule has 0 unspecified atom stereocenters. The van der Waals surface area contributed by atoms with Gasteiger partial charge in [0.05, 0.1) is 6.21 Å². The van der Waals surface area contributed by atoms with Crippen LogP contribution in [0.2, 0.25) is 0 Å². The zero-order chi connectivity index (χ0) is 14.5. The van der Waals surface area contributed by atoms with E-state index in [9.17, 15) is 4.79 Å². The van der Waals surface area contributed by atoms with Crippen LogP contribution in [0.3, 0.4) is 0 Å². The Balaban J connectivity index is 2.03. The Morgan fingerprint density at radius 3 is 2.50 bits per heavy atom. The lowest BCUT2D eigenvalue weighted by atomic mass is 10.2. The van der Waals surface area contributed by atoms with Crippen molar-refractivity contribution in [1.82, 2.24) is 10.3 Å². The van der Waals surface area contributed by atoms with Crippen molar-refractivity contribution in [3.8, 4) is 0 Å². The van der Waals surface area contributed by atoms with E-state index < -0.39 is 0 Å². The van der Waals surface area contributed by atoms with Gasteiger partial charge in [0.1, 0.15) is 6.54 Å². The molecule has 1 aliphatic rings. The molecule has 1 N–H and O–H groups in total. The summed E-state index contributed by atoms with van der Waals surface area (Å²) in [6.45, 7) is 6.43. The molecule has 20 heavy (non-hydrogen) atoms. The molecule has 0 radical (unpaired) electrons. The van der Waals surface area contributed by atoms with Gasteiger partial charge < -0.3 is 4.90 Å². The predicted octanol–water partition coefficient (Wildman–Crippen LogP) is 1.58. The summed E-state index contributed by atoms with van der Waals surface area (Å²) in [4.78, 5) is 13.4. The molecule has 0 aliphatic carbocycles. The fourth-order valence-corrected chi connectivity index (χ4v) is 2.25. The highest BCUT2D eigenvalue weighted by Crippen LogP contribution is 2.14. The highest BCUT2D eigenvalue weighted by atomic mass is 32.1. The molecule has 0 bridgehead atoms. The van der Waals surface area contributed by atoms with Gasteiger partial charge in [-0.15, -0.1) is 0 Å². The number of anilines is 1. The van der Waals surface area contributed by atoms with Gasteiger partial charge in [-0.2, -0.15) is 5.10 Å². The van der Waals surface area contributed by atoms with Crippen LogP contribution in [0.1, 0.15) is 19.4 Å². The van der Waals surface area contributed by atoms with Gasteiger partial charge in [-0.1, -0.05) is 12.1 Å². The molecule has 1 fully saturated rings. The lowest BCUT2D eigenvalue weighted by molar-refractivity contribution is -0.118. The minimum absolute atomic E-state index is 0.121. The standard InChI is InChI=1S/C14H18N4OS/c1-3-17(4-2)12-7-5-11(6-8-12)9-15-18-10-13(19)16-14(18)20/h5-9H,3-4,10H2,1-2H3,(H,16,19,20)/b15-9-. The first-order chi connectivity index (χ1) is 9.63. The number of hydrogen-bond acceptors (Lipinski definition) is 4. The van der Waals surface area contributed by atoms with Gasteiger partial charge in [-0.05, 0) is 43.8 Å². The van der Waals surface area contributed by atoms with Gasteiger partial charge in [0, 0.05) is 18.8 Å². The van der Waals surface area contributed by atoms with Crippen molar-refractivity contribution < 1.29 is 4.79 Å². The SMILES string of the molecule is CCN(CC)c1ccc(/C=N\N2CC(=O)NC2=S)cc1. The number of carbonyl (C=O) groups is 1. The fourth-order valence-electron chi connectivity index (χ4n) is 2.02. The van der Waals surface area contributed by atoms with Crippen molar-refractivity contribution >= 4 is 35.1 Å². The first-order valence-electron chi connectivity index (χ1n) is 6.64. The lowest BCUT2D eigenvalue weighted by Gasteiger charge is -2.20. The Hall–Kier alpha value is -1.95. The molecular formula is C14H18N4OS. The highest BCUT2D eigenvalue weighted by molar-refractivity contribution is 7.80. The van der Waals surface area contributed by atoms with E-state index in [1.165, 1.54) is 10.7 Å². The summed E-state index contributed by atoms with van der Waals surface area (Å²) in [6, 6.07) is 8.15. The molecule has 1 saturated heterocycles. The third kappa shape index (κ3) is 3.33. The van der Waals surface area contributed by atoms with E-state index in [1.54, 1.807) is 6.21 Å². The van der Waals surface area contributed by atoms with E-state index >= 15 is 0 Å². The van der Waals surface area contributed by atoms with Crippen molar-refractivity contribution in [3.05, 3.63) is 29.8 Å². The molecule has 1 aromatic carbocycles. The Kier molecular flexibility index (Phi) is 4.68. The number of hydrogen-bond donors (Lipinski definition) is 1. The summed E-state index contributed by atoms with van der Waals surface area (Å²) in [7, 11) is 0. The Bertz CT molecular complexity index is 522. The van der Waals surface area contributed by atoms with Crippen LogP contribution in [-0.4, -0.2) is 41.9 Å². The molecule has 5 nitrogen and oxygen atoms in total. The monoisotopic (exact) mass is 290 g/mol. The molecule has 6 heteroatoms. The molecule has 1 amide bonds. The molecule has 0 saturated carbocycles. The summed E-state index contributed by atoms with van der Waals surface area (Å²) in [5.41, 5.74) is 2.17.